The lowest BCUT2D eigenvalue weighted by atomic mass is 10.1. The van der Waals surface area contributed by atoms with Crippen molar-refractivity contribution in [1.29, 1.82) is 0 Å². The van der Waals surface area contributed by atoms with E-state index in [-0.39, 0.29) is 11.7 Å². The van der Waals surface area contributed by atoms with Crippen LogP contribution in [0, 0.1) is 0 Å². The predicted molar refractivity (Wildman–Crippen MR) is 128 cm³/mol. The monoisotopic (exact) mass is 469 g/mol. The van der Waals surface area contributed by atoms with Gasteiger partial charge in [0.2, 0.25) is 0 Å². The van der Waals surface area contributed by atoms with Crippen LogP contribution in [-0.4, -0.2) is 23.5 Å². The number of carbonyl (C=O) groups is 2. The van der Waals surface area contributed by atoms with E-state index in [9.17, 15) is 9.59 Å². The van der Waals surface area contributed by atoms with Gasteiger partial charge in [0.25, 0.3) is 11.8 Å². The molecule has 31 heavy (non-hydrogen) atoms. The second kappa shape index (κ2) is 9.30. The predicted octanol–water partition coefficient (Wildman–Crippen LogP) is 4.42. The Kier molecular flexibility index (Phi) is 6.31. The molecule has 1 heterocycles. The smallest absolute Gasteiger partial charge is 0.281 e. The molecule has 0 aliphatic rings. The maximum atomic E-state index is 12.4. The average molecular weight is 470 g/mol. The molecular formula is C22H16ClN3O3S2. The molecule has 156 valence electrons. The number of halogens is 1. The molecule has 4 rings (SSSR count). The van der Waals surface area contributed by atoms with E-state index in [2.05, 4.69) is 16.2 Å². The van der Waals surface area contributed by atoms with Gasteiger partial charge in [-0.25, -0.2) is 0 Å². The summed E-state index contributed by atoms with van der Waals surface area (Å²) in [7, 11) is 0. The third-order valence-electron chi connectivity index (χ3n) is 4.37. The lowest BCUT2D eigenvalue weighted by Gasteiger charge is -2.11. The van der Waals surface area contributed by atoms with Crippen molar-refractivity contribution in [2.24, 2.45) is 0 Å². The second-order valence-electron chi connectivity index (χ2n) is 6.50. The Morgan fingerprint density at radius 3 is 2.52 bits per heavy atom. The normalized spacial score (nSPS) is 10.6. The molecule has 0 radical (unpaired) electrons. The lowest BCUT2D eigenvalue weighted by molar-refractivity contribution is -0.121. The van der Waals surface area contributed by atoms with Gasteiger partial charge in [-0.2, -0.15) is 0 Å². The molecule has 0 atom stereocenters. The van der Waals surface area contributed by atoms with Gasteiger partial charge < -0.3 is 4.74 Å². The summed E-state index contributed by atoms with van der Waals surface area (Å²) in [5.41, 5.74) is 4.94. The minimum Gasteiger partial charge on any atom is -0.484 e. The zero-order chi connectivity index (χ0) is 21.8. The molecular weight excluding hydrogens is 454 g/mol. The largest absolute Gasteiger partial charge is 0.484 e. The van der Waals surface area contributed by atoms with Crippen molar-refractivity contribution in [3.8, 4) is 5.75 Å². The maximum absolute atomic E-state index is 12.4. The summed E-state index contributed by atoms with van der Waals surface area (Å²) in [6.07, 6.45) is 0. The first-order valence-corrected chi connectivity index (χ1v) is 10.8. The first kappa shape index (κ1) is 21.0. The van der Waals surface area contributed by atoms with Crippen molar-refractivity contribution in [1.82, 2.24) is 16.2 Å². The van der Waals surface area contributed by atoms with Gasteiger partial charge in [-0.3, -0.25) is 25.8 Å². The van der Waals surface area contributed by atoms with E-state index in [1.54, 1.807) is 6.07 Å². The van der Waals surface area contributed by atoms with Gasteiger partial charge in [-0.1, -0.05) is 60.1 Å². The lowest BCUT2D eigenvalue weighted by Crippen LogP contribution is -2.49. The van der Waals surface area contributed by atoms with E-state index in [4.69, 9.17) is 28.6 Å². The summed E-state index contributed by atoms with van der Waals surface area (Å²) in [5, 5.41) is 5.67. The van der Waals surface area contributed by atoms with Crippen molar-refractivity contribution in [3.05, 3.63) is 76.6 Å². The van der Waals surface area contributed by atoms with Gasteiger partial charge >= 0.3 is 0 Å². The molecule has 3 aromatic carbocycles. The third-order valence-corrected chi connectivity index (χ3v) is 6.25. The van der Waals surface area contributed by atoms with Gasteiger partial charge in [0.05, 0.1) is 5.02 Å². The Bertz CT molecular complexity index is 1310. The SMILES string of the molecule is O=C(COc1ccc2ccccc2c1)NC(=S)NNC(=O)c1sc2ccccc2c1Cl. The second-order valence-corrected chi connectivity index (χ2v) is 8.33. The van der Waals surface area contributed by atoms with E-state index in [1.807, 2.05) is 60.7 Å². The molecule has 1 aromatic heterocycles. The zero-order valence-corrected chi connectivity index (χ0v) is 18.4. The topological polar surface area (TPSA) is 79.5 Å². The number of fused-ring (bicyclic) bond motifs is 2. The average Bonchev–Trinajstić information content (AvgIpc) is 3.12. The van der Waals surface area contributed by atoms with Crippen LogP contribution in [0.3, 0.4) is 0 Å². The van der Waals surface area contributed by atoms with Gasteiger partial charge in [-0.15, -0.1) is 11.3 Å². The summed E-state index contributed by atoms with van der Waals surface area (Å²) >= 11 is 12.6. The third kappa shape index (κ3) is 4.93. The number of benzene rings is 3. The Hall–Kier alpha value is -3.20. The highest BCUT2D eigenvalue weighted by atomic mass is 35.5. The number of thiocarbonyl (C=S) groups is 1. The molecule has 0 aliphatic heterocycles. The molecule has 0 aliphatic carbocycles. The number of hydrogen-bond donors (Lipinski definition) is 3. The highest BCUT2D eigenvalue weighted by Crippen LogP contribution is 2.34. The van der Waals surface area contributed by atoms with Crippen molar-refractivity contribution in [2.45, 2.75) is 0 Å². The Morgan fingerprint density at radius 1 is 0.968 bits per heavy atom. The van der Waals surface area contributed by atoms with Gasteiger partial charge in [-0.05, 0) is 41.2 Å². The number of rotatable bonds is 4. The molecule has 4 aromatic rings. The van der Waals surface area contributed by atoms with Crippen LogP contribution in [0.15, 0.2) is 66.7 Å². The van der Waals surface area contributed by atoms with Crippen molar-refractivity contribution in [3.63, 3.8) is 0 Å². The van der Waals surface area contributed by atoms with Crippen molar-refractivity contribution < 1.29 is 14.3 Å². The van der Waals surface area contributed by atoms with Crippen molar-refractivity contribution >= 4 is 72.9 Å². The molecule has 0 unspecified atom stereocenters. The van der Waals surface area contributed by atoms with Crippen LogP contribution in [0.2, 0.25) is 5.02 Å². The van der Waals surface area contributed by atoms with E-state index in [0.717, 1.165) is 20.9 Å². The first-order chi connectivity index (χ1) is 15.0. The highest BCUT2D eigenvalue weighted by Gasteiger charge is 2.17. The minimum absolute atomic E-state index is 0.0577. The first-order valence-electron chi connectivity index (χ1n) is 9.20. The molecule has 6 nitrogen and oxygen atoms in total. The van der Waals surface area contributed by atoms with E-state index in [1.165, 1.54) is 11.3 Å². The van der Waals surface area contributed by atoms with E-state index >= 15 is 0 Å². The molecule has 0 spiro atoms. The van der Waals surface area contributed by atoms with Crippen LogP contribution in [0.25, 0.3) is 20.9 Å². The van der Waals surface area contributed by atoms with E-state index < -0.39 is 11.8 Å². The standard InChI is InChI=1S/C22H16ClN3O3S2/c23-19-16-7-3-4-8-17(16)31-20(19)21(28)25-26-22(30)24-18(27)12-29-15-10-9-13-5-1-2-6-14(13)11-15/h1-11H,12H2,(H,25,28)(H2,24,26,27,30). The number of ether oxygens (including phenoxy) is 1. The minimum atomic E-state index is -0.459. The fraction of sp³-hybridized carbons (Fsp3) is 0.0455. The summed E-state index contributed by atoms with van der Waals surface area (Å²) in [6.45, 7) is -0.226. The van der Waals surface area contributed by atoms with Gasteiger partial charge in [0.15, 0.2) is 11.7 Å². The number of thiophene rings is 1. The fourth-order valence-corrected chi connectivity index (χ4v) is 4.51. The number of hydrogen-bond acceptors (Lipinski definition) is 5. The molecule has 3 N–H and O–H groups in total. The summed E-state index contributed by atoms with van der Waals surface area (Å²) in [6, 6.07) is 20.9. The Morgan fingerprint density at radius 2 is 1.71 bits per heavy atom. The molecule has 0 fully saturated rings. The van der Waals surface area contributed by atoms with E-state index in [0.29, 0.717) is 15.6 Å². The zero-order valence-electron chi connectivity index (χ0n) is 16.0. The van der Waals surface area contributed by atoms with Gasteiger partial charge in [0.1, 0.15) is 10.6 Å². The number of carbonyl (C=O) groups excluding carboxylic acids is 2. The number of amides is 2. The number of nitrogens with one attached hydrogen (secondary N) is 3. The van der Waals surface area contributed by atoms with Crippen LogP contribution in [-0.2, 0) is 4.79 Å². The maximum Gasteiger partial charge on any atom is 0.281 e. The van der Waals surface area contributed by atoms with Crippen LogP contribution < -0.4 is 20.9 Å². The fourth-order valence-electron chi connectivity index (χ4n) is 2.93. The van der Waals surface area contributed by atoms with Gasteiger partial charge in [0, 0.05) is 10.1 Å². The van der Waals surface area contributed by atoms with Crippen LogP contribution >= 0.6 is 35.2 Å². The quantitative estimate of drug-likeness (QED) is 0.304. The molecule has 9 heteroatoms. The summed E-state index contributed by atoms with van der Waals surface area (Å²) in [4.78, 5) is 24.8. The molecule has 2 amide bonds. The highest BCUT2D eigenvalue weighted by molar-refractivity contribution is 7.80. The molecule has 0 saturated carbocycles. The molecule has 0 bridgehead atoms. The Labute approximate surface area is 192 Å². The summed E-state index contributed by atoms with van der Waals surface area (Å²) < 4.78 is 6.42. The molecule has 0 saturated heterocycles. The summed E-state index contributed by atoms with van der Waals surface area (Å²) in [5.74, 6) is -0.338. The van der Waals surface area contributed by atoms with Crippen LogP contribution in [0.1, 0.15) is 9.67 Å². The Balaban J connectivity index is 1.27. The van der Waals surface area contributed by atoms with Crippen LogP contribution in [0.4, 0.5) is 0 Å². The number of hydrazine groups is 1. The van der Waals surface area contributed by atoms with Crippen molar-refractivity contribution in [2.75, 3.05) is 6.61 Å². The van der Waals surface area contributed by atoms with Crippen LogP contribution in [0.5, 0.6) is 5.75 Å².